The van der Waals surface area contributed by atoms with Gasteiger partial charge in [0.25, 0.3) is 0 Å². The van der Waals surface area contributed by atoms with Crippen molar-refractivity contribution in [2.45, 2.75) is 77.7 Å². The molecule has 4 rings (SSSR count). The Morgan fingerprint density at radius 1 is 1.14 bits per heavy atom. The van der Waals surface area contributed by atoms with E-state index in [-0.39, 0.29) is 35.0 Å². The highest BCUT2D eigenvalue weighted by Crippen LogP contribution is 2.60. The van der Waals surface area contributed by atoms with Crippen LogP contribution in [0.2, 0.25) is 0 Å². The van der Waals surface area contributed by atoms with E-state index in [9.17, 15) is 23.4 Å². The summed E-state index contributed by atoms with van der Waals surface area (Å²) in [7, 11) is 0. The SMILES string of the molecule is Cc1c(O)c(O)cc2c3c(oc12)C(OC(F)(F)F)CCC1C(C)(C)CCCC31C. The fourth-order valence-corrected chi connectivity index (χ4v) is 6.05. The smallest absolute Gasteiger partial charge is 0.504 e. The van der Waals surface area contributed by atoms with E-state index in [2.05, 4.69) is 25.5 Å². The average molecular weight is 412 g/mol. The van der Waals surface area contributed by atoms with E-state index >= 15 is 0 Å². The molecule has 1 aromatic heterocycles. The second-order valence-corrected chi connectivity index (χ2v) is 9.53. The van der Waals surface area contributed by atoms with Crippen molar-refractivity contribution in [2.24, 2.45) is 11.3 Å². The van der Waals surface area contributed by atoms with Crippen molar-refractivity contribution in [2.75, 3.05) is 0 Å². The molecule has 0 aliphatic heterocycles. The number of phenolic OH excluding ortho intramolecular Hbond substituents is 2. The van der Waals surface area contributed by atoms with Crippen molar-refractivity contribution in [3.05, 3.63) is 23.0 Å². The fourth-order valence-electron chi connectivity index (χ4n) is 6.05. The van der Waals surface area contributed by atoms with Crippen LogP contribution in [0.3, 0.4) is 0 Å². The zero-order valence-electron chi connectivity index (χ0n) is 17.1. The van der Waals surface area contributed by atoms with Gasteiger partial charge >= 0.3 is 6.36 Å². The summed E-state index contributed by atoms with van der Waals surface area (Å²) in [5, 5.41) is 20.9. The van der Waals surface area contributed by atoms with Crippen LogP contribution in [-0.2, 0) is 10.2 Å². The number of aromatic hydroxyl groups is 2. The summed E-state index contributed by atoms with van der Waals surface area (Å²) in [4.78, 5) is 0. The van der Waals surface area contributed by atoms with Crippen molar-refractivity contribution in [3.8, 4) is 11.5 Å². The zero-order chi connectivity index (χ0) is 21.4. The Labute approximate surface area is 167 Å². The third-order valence-corrected chi connectivity index (χ3v) is 7.28. The number of aryl methyl sites for hydroxylation is 1. The van der Waals surface area contributed by atoms with E-state index in [1.165, 1.54) is 6.07 Å². The molecule has 1 heterocycles. The normalized spacial score (nSPS) is 29.3. The molecule has 2 aliphatic rings. The Hall–Kier alpha value is -1.89. The molecule has 160 valence electrons. The van der Waals surface area contributed by atoms with Gasteiger partial charge in [-0.1, -0.05) is 27.2 Å². The fraction of sp³-hybridized carbons (Fsp3) is 0.636. The molecule has 1 fully saturated rings. The molecule has 0 saturated heterocycles. The lowest BCUT2D eigenvalue weighted by atomic mass is 9.53. The first kappa shape index (κ1) is 20.4. The minimum absolute atomic E-state index is 0.0466. The lowest BCUT2D eigenvalue weighted by Crippen LogP contribution is -2.44. The highest BCUT2D eigenvalue weighted by atomic mass is 19.4. The number of ether oxygens (including phenoxy) is 1. The molecule has 0 amide bonds. The summed E-state index contributed by atoms with van der Waals surface area (Å²) in [5.74, 6) is -0.304. The highest BCUT2D eigenvalue weighted by Gasteiger charge is 2.53. The Kier molecular flexibility index (Phi) is 4.43. The van der Waals surface area contributed by atoms with Gasteiger partial charge in [0.1, 0.15) is 17.4 Å². The first-order chi connectivity index (χ1) is 13.3. The number of alkyl halides is 3. The van der Waals surface area contributed by atoms with Gasteiger partial charge in [-0.2, -0.15) is 0 Å². The van der Waals surface area contributed by atoms with Crippen molar-refractivity contribution >= 4 is 11.0 Å². The van der Waals surface area contributed by atoms with Gasteiger partial charge in [-0.15, -0.1) is 13.2 Å². The number of rotatable bonds is 1. The zero-order valence-corrected chi connectivity index (χ0v) is 17.1. The summed E-state index contributed by atoms with van der Waals surface area (Å²) in [5.41, 5.74) is 0.854. The second-order valence-electron chi connectivity index (χ2n) is 9.53. The molecule has 2 aromatic rings. The van der Waals surface area contributed by atoms with Crippen molar-refractivity contribution in [1.82, 2.24) is 0 Å². The minimum Gasteiger partial charge on any atom is -0.504 e. The van der Waals surface area contributed by atoms with Crippen LogP contribution in [0.4, 0.5) is 13.2 Å². The van der Waals surface area contributed by atoms with E-state index in [0.29, 0.717) is 28.5 Å². The van der Waals surface area contributed by atoms with E-state index in [0.717, 1.165) is 19.3 Å². The summed E-state index contributed by atoms with van der Waals surface area (Å²) in [6.45, 7) is 8.04. The number of fused-ring (bicyclic) bond motifs is 5. The number of hydrogen-bond acceptors (Lipinski definition) is 4. The van der Waals surface area contributed by atoms with Crippen LogP contribution >= 0.6 is 0 Å². The predicted octanol–water partition coefficient (Wildman–Crippen LogP) is 6.61. The Bertz CT molecular complexity index is 959. The molecular weight excluding hydrogens is 385 g/mol. The van der Waals surface area contributed by atoms with Crippen LogP contribution in [0.25, 0.3) is 11.0 Å². The summed E-state index contributed by atoms with van der Waals surface area (Å²) < 4.78 is 50.1. The molecule has 1 saturated carbocycles. The maximum atomic E-state index is 13.2. The van der Waals surface area contributed by atoms with Crippen LogP contribution < -0.4 is 0 Å². The molecule has 0 bridgehead atoms. The Morgan fingerprint density at radius 2 is 1.83 bits per heavy atom. The summed E-state index contributed by atoms with van der Waals surface area (Å²) >= 11 is 0. The molecule has 2 N–H and O–H groups in total. The van der Waals surface area contributed by atoms with E-state index in [4.69, 9.17) is 4.42 Å². The molecule has 29 heavy (non-hydrogen) atoms. The van der Waals surface area contributed by atoms with Gasteiger partial charge in [0.15, 0.2) is 11.5 Å². The molecule has 2 aliphatic carbocycles. The number of phenols is 2. The first-order valence-electron chi connectivity index (χ1n) is 10.1. The van der Waals surface area contributed by atoms with E-state index < -0.39 is 17.9 Å². The summed E-state index contributed by atoms with van der Waals surface area (Å²) in [6.07, 6.45) is -2.45. The maximum Gasteiger partial charge on any atom is 0.523 e. The van der Waals surface area contributed by atoms with Gasteiger partial charge in [0, 0.05) is 16.5 Å². The van der Waals surface area contributed by atoms with Gasteiger partial charge in [0.05, 0.1) is 0 Å². The minimum atomic E-state index is -4.79. The molecule has 3 unspecified atom stereocenters. The topological polar surface area (TPSA) is 62.8 Å². The molecule has 7 heteroatoms. The van der Waals surface area contributed by atoms with Crippen molar-refractivity contribution in [3.63, 3.8) is 0 Å². The van der Waals surface area contributed by atoms with Crippen molar-refractivity contribution < 1.29 is 32.5 Å². The number of hydrogen-bond donors (Lipinski definition) is 2. The maximum absolute atomic E-state index is 13.2. The summed E-state index contributed by atoms with van der Waals surface area (Å²) in [6, 6.07) is 1.42. The van der Waals surface area contributed by atoms with E-state index in [1.807, 2.05) is 0 Å². The molecule has 4 nitrogen and oxygen atoms in total. The molecule has 0 radical (unpaired) electrons. The first-order valence-corrected chi connectivity index (χ1v) is 10.1. The number of halogens is 3. The predicted molar refractivity (Wildman–Crippen MR) is 102 cm³/mol. The third-order valence-electron chi connectivity index (χ3n) is 7.28. The largest absolute Gasteiger partial charge is 0.523 e. The number of furan rings is 1. The van der Waals surface area contributed by atoms with Gasteiger partial charge < -0.3 is 14.6 Å². The van der Waals surface area contributed by atoms with Gasteiger partial charge in [-0.05, 0) is 55.4 Å². The average Bonchev–Trinajstić information content (AvgIpc) is 2.91. The van der Waals surface area contributed by atoms with Gasteiger partial charge in [-0.3, -0.25) is 4.74 Å². The van der Waals surface area contributed by atoms with Crippen LogP contribution in [0.15, 0.2) is 10.5 Å². The van der Waals surface area contributed by atoms with Gasteiger partial charge in [-0.25, -0.2) is 0 Å². The molecule has 3 atom stereocenters. The van der Waals surface area contributed by atoms with Crippen LogP contribution in [0, 0.1) is 18.3 Å². The quantitative estimate of drug-likeness (QED) is 0.518. The lowest BCUT2D eigenvalue weighted by molar-refractivity contribution is -0.347. The molecule has 0 spiro atoms. The van der Waals surface area contributed by atoms with Crippen molar-refractivity contribution in [1.29, 1.82) is 0 Å². The van der Waals surface area contributed by atoms with E-state index in [1.54, 1.807) is 6.92 Å². The van der Waals surface area contributed by atoms with Crippen LogP contribution in [0.1, 0.15) is 75.9 Å². The molecule has 1 aromatic carbocycles. The second kappa shape index (κ2) is 6.30. The lowest BCUT2D eigenvalue weighted by Gasteiger charge is -2.50. The Morgan fingerprint density at radius 3 is 2.48 bits per heavy atom. The van der Waals surface area contributed by atoms with Crippen LogP contribution in [-0.4, -0.2) is 16.6 Å². The standard InChI is InChI=1S/C22H27F3O4/c1-11-17(27)13(26)10-12-16-19(28-18(11)12)14(29-22(23,24)25)6-7-15-20(2,3)8-5-9-21(15,16)4/h10,14-15,26-27H,5-9H2,1-4H3. The highest BCUT2D eigenvalue weighted by molar-refractivity contribution is 5.90. The Balaban J connectivity index is 2.03. The molecular formula is C22H27F3O4. The van der Waals surface area contributed by atoms with Crippen LogP contribution in [0.5, 0.6) is 11.5 Å². The monoisotopic (exact) mass is 412 g/mol. The van der Waals surface area contributed by atoms with Gasteiger partial charge in [0.2, 0.25) is 0 Å². The third kappa shape index (κ3) is 3.09. The number of benzene rings is 1.